The van der Waals surface area contributed by atoms with Gasteiger partial charge in [-0.25, -0.2) is 0 Å². The Bertz CT molecular complexity index is 924. The van der Waals surface area contributed by atoms with Gasteiger partial charge in [0, 0.05) is 12.2 Å². The van der Waals surface area contributed by atoms with Crippen molar-refractivity contribution in [3.05, 3.63) is 82.4 Å². The van der Waals surface area contributed by atoms with Gasteiger partial charge in [0.1, 0.15) is 12.4 Å². The number of rotatable bonds is 9. The van der Waals surface area contributed by atoms with Crippen LogP contribution in [-0.2, 0) is 13.2 Å². The van der Waals surface area contributed by atoms with Crippen molar-refractivity contribution >= 4 is 17.3 Å². The number of benzene rings is 3. The standard InChI is InChI=1S/C24H26ClNO3/c1-4-28-23-14-19(15-26-20-9-11-21(27-3)12-10-20)13-22(25)24(23)29-16-18-7-5-17(2)6-8-18/h5-14,26H,4,15-16H2,1-3H3. The Morgan fingerprint density at radius 2 is 1.62 bits per heavy atom. The number of aryl methyl sites for hydroxylation is 1. The monoisotopic (exact) mass is 411 g/mol. The lowest BCUT2D eigenvalue weighted by atomic mass is 10.1. The molecular formula is C24H26ClNO3. The first-order valence-corrected chi connectivity index (χ1v) is 9.98. The second-order valence-corrected chi connectivity index (χ2v) is 7.10. The van der Waals surface area contributed by atoms with E-state index in [1.807, 2.05) is 43.3 Å². The highest BCUT2D eigenvalue weighted by Crippen LogP contribution is 2.37. The van der Waals surface area contributed by atoms with Gasteiger partial charge in [0.15, 0.2) is 11.5 Å². The van der Waals surface area contributed by atoms with Crippen molar-refractivity contribution in [3.8, 4) is 17.2 Å². The van der Waals surface area contributed by atoms with Crippen molar-refractivity contribution in [1.29, 1.82) is 0 Å². The molecular weight excluding hydrogens is 386 g/mol. The van der Waals surface area contributed by atoms with Gasteiger partial charge in [-0.1, -0.05) is 41.4 Å². The van der Waals surface area contributed by atoms with Gasteiger partial charge in [-0.2, -0.15) is 0 Å². The van der Waals surface area contributed by atoms with E-state index in [2.05, 4.69) is 36.5 Å². The van der Waals surface area contributed by atoms with Gasteiger partial charge in [0.2, 0.25) is 0 Å². The molecule has 0 atom stereocenters. The molecule has 0 saturated carbocycles. The summed E-state index contributed by atoms with van der Waals surface area (Å²) in [6.07, 6.45) is 0. The fourth-order valence-electron chi connectivity index (χ4n) is 2.88. The molecule has 1 N–H and O–H groups in total. The molecule has 0 radical (unpaired) electrons. The summed E-state index contributed by atoms with van der Waals surface area (Å²) in [5, 5.41) is 3.92. The van der Waals surface area contributed by atoms with Crippen LogP contribution >= 0.6 is 11.6 Å². The van der Waals surface area contributed by atoms with E-state index >= 15 is 0 Å². The summed E-state index contributed by atoms with van der Waals surface area (Å²) >= 11 is 6.53. The van der Waals surface area contributed by atoms with Gasteiger partial charge in [0.05, 0.1) is 18.7 Å². The molecule has 152 valence electrons. The Balaban J connectivity index is 1.71. The van der Waals surface area contributed by atoms with Crippen molar-refractivity contribution in [2.24, 2.45) is 0 Å². The molecule has 0 unspecified atom stereocenters. The lowest BCUT2D eigenvalue weighted by Crippen LogP contribution is -2.04. The maximum absolute atomic E-state index is 6.53. The fraction of sp³-hybridized carbons (Fsp3) is 0.250. The van der Waals surface area contributed by atoms with Gasteiger partial charge in [0.25, 0.3) is 0 Å². The average molecular weight is 412 g/mol. The molecule has 0 fully saturated rings. The third-order valence-corrected chi connectivity index (χ3v) is 4.74. The van der Waals surface area contributed by atoms with E-state index < -0.39 is 0 Å². The number of anilines is 1. The largest absolute Gasteiger partial charge is 0.497 e. The van der Waals surface area contributed by atoms with Gasteiger partial charge >= 0.3 is 0 Å². The Kier molecular flexibility index (Phi) is 7.25. The zero-order chi connectivity index (χ0) is 20.6. The van der Waals surface area contributed by atoms with E-state index in [0.717, 1.165) is 22.6 Å². The number of methoxy groups -OCH3 is 1. The molecule has 29 heavy (non-hydrogen) atoms. The first kappa shape index (κ1) is 20.9. The van der Waals surface area contributed by atoms with E-state index in [4.69, 9.17) is 25.8 Å². The molecule has 0 amide bonds. The molecule has 5 heteroatoms. The molecule has 3 aromatic carbocycles. The number of nitrogens with one attached hydrogen (secondary N) is 1. The smallest absolute Gasteiger partial charge is 0.180 e. The molecule has 0 aliphatic carbocycles. The van der Waals surface area contributed by atoms with Crippen LogP contribution in [-0.4, -0.2) is 13.7 Å². The molecule has 0 saturated heterocycles. The third kappa shape index (κ3) is 5.81. The van der Waals surface area contributed by atoms with E-state index in [-0.39, 0.29) is 0 Å². The summed E-state index contributed by atoms with van der Waals surface area (Å²) in [4.78, 5) is 0. The molecule has 4 nitrogen and oxygen atoms in total. The highest BCUT2D eigenvalue weighted by Gasteiger charge is 2.13. The predicted octanol–water partition coefficient (Wildman–Crippen LogP) is 6.25. The van der Waals surface area contributed by atoms with Crippen LogP contribution in [0.25, 0.3) is 0 Å². The second-order valence-electron chi connectivity index (χ2n) is 6.69. The fourth-order valence-corrected chi connectivity index (χ4v) is 3.17. The molecule has 0 aromatic heterocycles. The maximum atomic E-state index is 6.53. The SMILES string of the molecule is CCOc1cc(CNc2ccc(OC)cc2)cc(Cl)c1OCc1ccc(C)cc1. The van der Waals surface area contributed by atoms with E-state index in [0.29, 0.717) is 36.3 Å². The zero-order valence-electron chi connectivity index (χ0n) is 17.0. The lowest BCUT2D eigenvalue weighted by molar-refractivity contribution is 0.269. The van der Waals surface area contributed by atoms with Crippen LogP contribution in [0.3, 0.4) is 0 Å². The van der Waals surface area contributed by atoms with Crippen LogP contribution in [0.5, 0.6) is 17.2 Å². The predicted molar refractivity (Wildman–Crippen MR) is 118 cm³/mol. The molecule has 0 spiro atoms. The molecule has 3 aromatic rings. The van der Waals surface area contributed by atoms with Crippen LogP contribution in [0.2, 0.25) is 5.02 Å². The second kappa shape index (κ2) is 10.1. The minimum atomic E-state index is 0.434. The van der Waals surface area contributed by atoms with Crippen molar-refractivity contribution in [1.82, 2.24) is 0 Å². The summed E-state index contributed by atoms with van der Waals surface area (Å²) in [5.41, 5.74) is 4.31. The van der Waals surface area contributed by atoms with Crippen LogP contribution in [0, 0.1) is 6.92 Å². The molecule has 3 rings (SSSR count). The minimum Gasteiger partial charge on any atom is -0.497 e. The average Bonchev–Trinajstić information content (AvgIpc) is 2.73. The molecule has 0 aliphatic rings. The lowest BCUT2D eigenvalue weighted by Gasteiger charge is -2.16. The normalized spacial score (nSPS) is 10.5. The Morgan fingerprint density at radius 1 is 0.897 bits per heavy atom. The molecule has 0 aliphatic heterocycles. The first-order valence-electron chi connectivity index (χ1n) is 9.60. The summed E-state index contributed by atoms with van der Waals surface area (Å²) < 4.78 is 17.0. The van der Waals surface area contributed by atoms with Crippen LogP contribution in [0.15, 0.2) is 60.7 Å². The maximum Gasteiger partial charge on any atom is 0.180 e. The number of hydrogen-bond acceptors (Lipinski definition) is 4. The quantitative estimate of drug-likeness (QED) is 0.452. The highest BCUT2D eigenvalue weighted by molar-refractivity contribution is 6.32. The summed E-state index contributed by atoms with van der Waals surface area (Å²) in [6.45, 7) is 5.59. The van der Waals surface area contributed by atoms with Crippen molar-refractivity contribution in [2.75, 3.05) is 19.0 Å². The summed E-state index contributed by atoms with van der Waals surface area (Å²) in [7, 11) is 1.65. The highest BCUT2D eigenvalue weighted by atomic mass is 35.5. The van der Waals surface area contributed by atoms with E-state index in [9.17, 15) is 0 Å². The van der Waals surface area contributed by atoms with Gasteiger partial charge in [-0.3, -0.25) is 0 Å². The summed E-state index contributed by atoms with van der Waals surface area (Å²) in [5.74, 6) is 2.05. The molecule has 0 heterocycles. The topological polar surface area (TPSA) is 39.7 Å². The van der Waals surface area contributed by atoms with Gasteiger partial charge in [-0.05, 0) is 61.4 Å². The van der Waals surface area contributed by atoms with E-state index in [1.54, 1.807) is 7.11 Å². The first-order chi connectivity index (χ1) is 14.1. The summed E-state index contributed by atoms with van der Waals surface area (Å²) in [6, 6.07) is 19.9. The zero-order valence-corrected chi connectivity index (χ0v) is 17.8. The van der Waals surface area contributed by atoms with Gasteiger partial charge < -0.3 is 19.5 Å². The van der Waals surface area contributed by atoms with Crippen molar-refractivity contribution in [2.45, 2.75) is 27.0 Å². The number of hydrogen-bond donors (Lipinski definition) is 1. The Hall–Kier alpha value is -2.85. The van der Waals surface area contributed by atoms with Crippen LogP contribution in [0.4, 0.5) is 5.69 Å². The Labute approximate surface area is 177 Å². The Morgan fingerprint density at radius 3 is 2.28 bits per heavy atom. The van der Waals surface area contributed by atoms with Crippen molar-refractivity contribution < 1.29 is 14.2 Å². The van der Waals surface area contributed by atoms with Gasteiger partial charge in [-0.15, -0.1) is 0 Å². The molecule has 0 bridgehead atoms. The van der Waals surface area contributed by atoms with E-state index in [1.165, 1.54) is 5.56 Å². The third-order valence-electron chi connectivity index (χ3n) is 4.46. The number of halogens is 1. The van der Waals surface area contributed by atoms with Crippen LogP contribution in [0.1, 0.15) is 23.6 Å². The minimum absolute atomic E-state index is 0.434. The van der Waals surface area contributed by atoms with Crippen LogP contribution < -0.4 is 19.5 Å². The number of ether oxygens (including phenoxy) is 3. The van der Waals surface area contributed by atoms with Crippen molar-refractivity contribution in [3.63, 3.8) is 0 Å².